The summed E-state index contributed by atoms with van der Waals surface area (Å²) in [4.78, 5) is 11.2. The smallest absolute Gasteiger partial charge is 0.322 e. The van der Waals surface area contributed by atoms with Crippen molar-refractivity contribution in [2.75, 3.05) is 13.2 Å². The lowest BCUT2D eigenvalue weighted by molar-refractivity contribution is 0.0644. The van der Waals surface area contributed by atoms with Crippen LogP contribution in [0.4, 0.5) is 0 Å². The van der Waals surface area contributed by atoms with Gasteiger partial charge in [-0.25, -0.2) is 0 Å². The van der Waals surface area contributed by atoms with E-state index in [1.165, 1.54) is 0 Å². The molecule has 7 heteroatoms. The molecule has 1 atom stereocenters. The van der Waals surface area contributed by atoms with Gasteiger partial charge >= 0.3 is 6.01 Å². The Kier molecular flexibility index (Phi) is 3.56. The maximum Gasteiger partial charge on any atom is 0.322 e. The Morgan fingerprint density at radius 3 is 2.60 bits per heavy atom. The van der Waals surface area contributed by atoms with Crippen LogP contribution in [-0.2, 0) is 4.74 Å². The van der Waals surface area contributed by atoms with Gasteiger partial charge in [0.2, 0.25) is 10.6 Å². The second-order valence-electron chi connectivity index (χ2n) is 3.10. The molecule has 2 heterocycles. The van der Waals surface area contributed by atoms with Gasteiger partial charge in [0.1, 0.15) is 6.61 Å². The van der Waals surface area contributed by atoms with Crippen molar-refractivity contribution in [1.29, 1.82) is 0 Å². The Morgan fingerprint density at radius 2 is 2.00 bits per heavy atom. The number of ether oxygens (including phenoxy) is 2. The number of nitrogens with zero attached hydrogens (tertiary/aromatic N) is 3. The average molecular weight is 250 g/mol. The summed E-state index contributed by atoms with van der Waals surface area (Å²) < 4.78 is 10.7. The SMILES string of the molecule is Clc1nc(Cl)nc(OCC2CCCO2)n1. The van der Waals surface area contributed by atoms with E-state index in [-0.39, 0.29) is 22.7 Å². The number of hydrogen-bond donors (Lipinski definition) is 0. The van der Waals surface area contributed by atoms with Crippen LogP contribution in [0, 0.1) is 0 Å². The lowest BCUT2D eigenvalue weighted by atomic mass is 10.2. The van der Waals surface area contributed by atoms with Crippen molar-refractivity contribution in [3.05, 3.63) is 10.6 Å². The molecule has 1 aliphatic heterocycles. The first-order valence-corrected chi connectivity index (χ1v) is 5.31. The average Bonchev–Trinajstić information content (AvgIpc) is 2.65. The molecule has 1 aromatic rings. The lowest BCUT2D eigenvalue weighted by Crippen LogP contribution is -2.17. The van der Waals surface area contributed by atoms with E-state index in [1.54, 1.807) is 0 Å². The molecule has 1 fully saturated rings. The summed E-state index contributed by atoms with van der Waals surface area (Å²) >= 11 is 11.2. The molecule has 2 rings (SSSR count). The fraction of sp³-hybridized carbons (Fsp3) is 0.625. The summed E-state index contributed by atoms with van der Waals surface area (Å²) in [5, 5.41) is 0.0506. The quantitative estimate of drug-likeness (QED) is 0.817. The van der Waals surface area contributed by atoms with Gasteiger partial charge < -0.3 is 9.47 Å². The van der Waals surface area contributed by atoms with Crippen LogP contribution in [0.25, 0.3) is 0 Å². The van der Waals surface area contributed by atoms with Crippen molar-refractivity contribution < 1.29 is 9.47 Å². The van der Waals surface area contributed by atoms with Gasteiger partial charge in [0, 0.05) is 6.61 Å². The highest BCUT2D eigenvalue weighted by Gasteiger charge is 2.16. The predicted molar refractivity (Wildman–Crippen MR) is 54.3 cm³/mol. The Bertz CT molecular complexity index is 324. The van der Waals surface area contributed by atoms with Crippen LogP contribution < -0.4 is 4.74 Å². The molecule has 0 amide bonds. The molecule has 1 unspecified atom stereocenters. The van der Waals surface area contributed by atoms with E-state index in [4.69, 9.17) is 32.7 Å². The number of aromatic nitrogens is 3. The van der Waals surface area contributed by atoms with Crippen molar-refractivity contribution >= 4 is 23.2 Å². The van der Waals surface area contributed by atoms with Crippen LogP contribution in [0.5, 0.6) is 6.01 Å². The van der Waals surface area contributed by atoms with Gasteiger partial charge in [-0.3, -0.25) is 0 Å². The molecule has 0 radical (unpaired) electrons. The minimum atomic E-state index is 0.0253. The fourth-order valence-electron chi connectivity index (χ4n) is 1.32. The van der Waals surface area contributed by atoms with Crippen LogP contribution in [0.3, 0.4) is 0 Å². The lowest BCUT2D eigenvalue weighted by Gasteiger charge is -2.09. The van der Waals surface area contributed by atoms with E-state index >= 15 is 0 Å². The van der Waals surface area contributed by atoms with Gasteiger partial charge in [-0.15, -0.1) is 0 Å². The molecule has 0 saturated carbocycles. The van der Waals surface area contributed by atoms with E-state index in [9.17, 15) is 0 Å². The van der Waals surface area contributed by atoms with Gasteiger partial charge in [0.15, 0.2) is 0 Å². The van der Waals surface area contributed by atoms with Crippen molar-refractivity contribution in [2.24, 2.45) is 0 Å². The molecular weight excluding hydrogens is 241 g/mol. The summed E-state index contributed by atoms with van der Waals surface area (Å²) in [6.45, 7) is 1.20. The first-order chi connectivity index (χ1) is 7.24. The molecule has 1 aromatic heterocycles. The zero-order valence-electron chi connectivity index (χ0n) is 7.82. The summed E-state index contributed by atoms with van der Waals surface area (Å²) in [7, 11) is 0. The summed E-state index contributed by atoms with van der Waals surface area (Å²) in [5.41, 5.74) is 0. The highest BCUT2D eigenvalue weighted by molar-refractivity contribution is 6.31. The third-order valence-electron chi connectivity index (χ3n) is 1.98. The molecule has 1 saturated heterocycles. The van der Waals surface area contributed by atoms with E-state index in [0.717, 1.165) is 19.4 Å². The first kappa shape index (κ1) is 10.9. The molecule has 1 aliphatic rings. The summed E-state index contributed by atoms with van der Waals surface area (Å²) in [6.07, 6.45) is 2.17. The van der Waals surface area contributed by atoms with Crippen LogP contribution in [0.15, 0.2) is 0 Å². The molecule has 15 heavy (non-hydrogen) atoms. The minimum absolute atomic E-state index is 0.0253. The normalized spacial score (nSPS) is 20.5. The Balaban J connectivity index is 1.92. The van der Waals surface area contributed by atoms with Crippen molar-refractivity contribution in [3.63, 3.8) is 0 Å². The van der Waals surface area contributed by atoms with E-state index < -0.39 is 0 Å². The zero-order valence-corrected chi connectivity index (χ0v) is 9.33. The van der Waals surface area contributed by atoms with Gasteiger partial charge in [0.25, 0.3) is 0 Å². The minimum Gasteiger partial charge on any atom is -0.461 e. The highest BCUT2D eigenvalue weighted by Crippen LogP contribution is 2.15. The fourth-order valence-corrected chi connectivity index (χ4v) is 1.66. The second-order valence-corrected chi connectivity index (χ2v) is 3.78. The van der Waals surface area contributed by atoms with E-state index in [0.29, 0.717) is 6.61 Å². The summed E-state index contributed by atoms with van der Waals surface area (Å²) in [5.74, 6) is 0. The van der Waals surface area contributed by atoms with Gasteiger partial charge in [-0.05, 0) is 36.0 Å². The van der Waals surface area contributed by atoms with Gasteiger partial charge in [-0.2, -0.15) is 15.0 Å². The standard InChI is InChI=1S/C8H9Cl2N3O2/c9-6-11-7(10)13-8(12-6)15-4-5-2-1-3-14-5/h5H,1-4H2. The van der Waals surface area contributed by atoms with Crippen LogP contribution in [-0.4, -0.2) is 34.3 Å². The topological polar surface area (TPSA) is 57.1 Å². The Labute approximate surface area is 96.7 Å². The molecule has 82 valence electrons. The first-order valence-electron chi connectivity index (χ1n) is 4.55. The molecule has 5 nitrogen and oxygen atoms in total. The summed E-state index contributed by atoms with van der Waals surface area (Å²) in [6, 6.07) is 0.135. The zero-order chi connectivity index (χ0) is 10.7. The monoisotopic (exact) mass is 249 g/mol. The van der Waals surface area contributed by atoms with Crippen molar-refractivity contribution in [1.82, 2.24) is 15.0 Å². The predicted octanol–water partition coefficient (Wildman–Crippen LogP) is 1.74. The largest absolute Gasteiger partial charge is 0.461 e. The van der Waals surface area contributed by atoms with Gasteiger partial charge in [-0.1, -0.05) is 0 Å². The van der Waals surface area contributed by atoms with Crippen molar-refractivity contribution in [3.8, 4) is 6.01 Å². The molecule has 0 spiro atoms. The van der Waals surface area contributed by atoms with Crippen molar-refractivity contribution in [2.45, 2.75) is 18.9 Å². The number of hydrogen-bond acceptors (Lipinski definition) is 5. The Hall–Kier alpha value is -0.650. The molecule has 0 aromatic carbocycles. The molecule has 0 N–H and O–H groups in total. The third kappa shape index (κ3) is 3.15. The van der Waals surface area contributed by atoms with E-state index in [2.05, 4.69) is 15.0 Å². The number of rotatable bonds is 3. The second kappa shape index (κ2) is 4.92. The molecule has 0 aliphatic carbocycles. The van der Waals surface area contributed by atoms with Crippen LogP contribution in [0.2, 0.25) is 10.6 Å². The molecule has 0 bridgehead atoms. The third-order valence-corrected chi connectivity index (χ3v) is 2.32. The maximum absolute atomic E-state index is 5.59. The van der Waals surface area contributed by atoms with Crippen LogP contribution >= 0.6 is 23.2 Å². The maximum atomic E-state index is 5.59. The Morgan fingerprint density at radius 1 is 1.27 bits per heavy atom. The highest BCUT2D eigenvalue weighted by atomic mass is 35.5. The van der Waals surface area contributed by atoms with Gasteiger partial charge in [0.05, 0.1) is 6.10 Å². The van der Waals surface area contributed by atoms with Crippen LogP contribution in [0.1, 0.15) is 12.8 Å². The number of halogens is 2. The van der Waals surface area contributed by atoms with E-state index in [1.807, 2.05) is 0 Å². The molecular formula is C8H9Cl2N3O2.